The Morgan fingerprint density at radius 2 is 1.21 bits per heavy atom. The van der Waals surface area contributed by atoms with Crippen LogP contribution in [0.4, 0.5) is 13.2 Å². The van der Waals surface area contributed by atoms with E-state index < -0.39 is 17.2 Å². The zero-order valence-electron chi connectivity index (χ0n) is 18.1. The molecule has 2 aromatic carbocycles. The molecule has 0 unspecified atom stereocenters. The van der Waals surface area contributed by atoms with Gasteiger partial charge < -0.3 is 0 Å². The van der Waals surface area contributed by atoms with Crippen LogP contribution in [0.1, 0.15) is 36.4 Å². The van der Waals surface area contributed by atoms with Crippen LogP contribution in [0.25, 0.3) is 22.5 Å². The van der Waals surface area contributed by atoms with Gasteiger partial charge in [-0.25, -0.2) is 0 Å². The second-order valence-corrected chi connectivity index (χ2v) is 8.21. The summed E-state index contributed by atoms with van der Waals surface area (Å²) in [5, 5.41) is 9.18. The molecular formula is C27H20F3N3. The lowest BCUT2D eigenvalue weighted by atomic mass is 9.84. The predicted molar refractivity (Wildman–Crippen MR) is 121 cm³/mol. The summed E-state index contributed by atoms with van der Waals surface area (Å²) in [5.74, 6) is 0. The summed E-state index contributed by atoms with van der Waals surface area (Å²) in [7, 11) is 0. The van der Waals surface area contributed by atoms with E-state index in [2.05, 4.69) is 6.07 Å². The molecule has 4 aromatic rings. The maximum atomic E-state index is 13.2. The monoisotopic (exact) mass is 443 g/mol. The van der Waals surface area contributed by atoms with Crippen molar-refractivity contribution in [2.24, 2.45) is 0 Å². The first-order valence-corrected chi connectivity index (χ1v) is 10.3. The van der Waals surface area contributed by atoms with Crippen LogP contribution in [0.5, 0.6) is 0 Å². The molecule has 0 N–H and O–H groups in total. The van der Waals surface area contributed by atoms with Crippen LogP contribution in [0, 0.1) is 11.3 Å². The molecule has 2 heterocycles. The van der Waals surface area contributed by atoms with E-state index in [0.29, 0.717) is 22.5 Å². The second kappa shape index (κ2) is 8.51. The molecule has 0 bridgehead atoms. The average Bonchev–Trinajstić information content (AvgIpc) is 2.84. The quantitative estimate of drug-likeness (QED) is 0.340. The maximum Gasteiger partial charge on any atom is 0.416 e. The van der Waals surface area contributed by atoms with Crippen molar-refractivity contribution in [2.45, 2.75) is 25.4 Å². The largest absolute Gasteiger partial charge is 0.416 e. The first-order valence-electron chi connectivity index (χ1n) is 10.3. The van der Waals surface area contributed by atoms with Crippen molar-refractivity contribution >= 4 is 0 Å². The van der Waals surface area contributed by atoms with Crippen LogP contribution in [0.3, 0.4) is 0 Å². The highest BCUT2D eigenvalue weighted by atomic mass is 19.4. The smallest absolute Gasteiger partial charge is 0.252 e. The molecule has 0 aliphatic carbocycles. The zero-order chi connectivity index (χ0) is 23.6. The van der Waals surface area contributed by atoms with Crippen molar-refractivity contribution in [1.82, 2.24) is 9.97 Å². The van der Waals surface area contributed by atoms with Gasteiger partial charge >= 0.3 is 6.18 Å². The fourth-order valence-electron chi connectivity index (χ4n) is 3.62. The molecule has 0 amide bonds. The van der Waals surface area contributed by atoms with E-state index in [9.17, 15) is 18.4 Å². The molecule has 0 spiro atoms. The van der Waals surface area contributed by atoms with E-state index in [1.807, 2.05) is 50.2 Å². The number of hydrogen-bond acceptors (Lipinski definition) is 3. The van der Waals surface area contributed by atoms with Gasteiger partial charge in [-0.15, -0.1) is 0 Å². The maximum absolute atomic E-state index is 13.2. The molecule has 0 atom stereocenters. The van der Waals surface area contributed by atoms with Gasteiger partial charge in [0, 0.05) is 16.5 Å². The molecule has 0 aliphatic heterocycles. The normalized spacial score (nSPS) is 11.8. The Kier molecular flexibility index (Phi) is 5.73. The highest BCUT2D eigenvalue weighted by molar-refractivity contribution is 5.63. The lowest BCUT2D eigenvalue weighted by Crippen LogP contribution is -2.22. The van der Waals surface area contributed by atoms with Gasteiger partial charge in [-0.2, -0.15) is 18.4 Å². The Balaban J connectivity index is 1.73. The van der Waals surface area contributed by atoms with Gasteiger partial charge in [0.1, 0.15) is 0 Å². The third kappa shape index (κ3) is 4.63. The molecule has 3 nitrogen and oxygen atoms in total. The van der Waals surface area contributed by atoms with Crippen LogP contribution < -0.4 is 0 Å². The predicted octanol–water partition coefficient (Wildman–Crippen LogP) is 7.03. The minimum Gasteiger partial charge on any atom is -0.252 e. The molecule has 0 saturated carbocycles. The second-order valence-electron chi connectivity index (χ2n) is 8.21. The fourth-order valence-corrected chi connectivity index (χ4v) is 3.62. The molecule has 33 heavy (non-hydrogen) atoms. The first kappa shape index (κ1) is 22.2. The first-order chi connectivity index (χ1) is 15.7. The summed E-state index contributed by atoms with van der Waals surface area (Å²) >= 11 is 0. The number of halogens is 3. The minimum atomic E-state index is -4.42. The van der Waals surface area contributed by atoms with Gasteiger partial charge in [-0.1, -0.05) is 36.4 Å². The lowest BCUT2D eigenvalue weighted by molar-refractivity contribution is -0.137. The topological polar surface area (TPSA) is 49.6 Å². The van der Waals surface area contributed by atoms with Crippen LogP contribution in [-0.2, 0) is 11.6 Å². The number of hydrogen-bond donors (Lipinski definition) is 0. The Morgan fingerprint density at radius 3 is 1.76 bits per heavy atom. The number of nitrogens with zero attached hydrogens (tertiary/aromatic N) is 3. The Labute approximate surface area is 190 Å². The third-order valence-electron chi connectivity index (χ3n) is 5.55. The van der Waals surface area contributed by atoms with E-state index in [4.69, 9.17) is 9.97 Å². The SMILES string of the molecule is CC(C)(c1cccc(-c2cccc(C#N)c2)n1)c1cccc(-c2cccc(C(F)(F)F)c2)n1. The van der Waals surface area contributed by atoms with Gasteiger partial charge in [-0.3, -0.25) is 9.97 Å². The number of rotatable bonds is 4. The van der Waals surface area contributed by atoms with E-state index >= 15 is 0 Å². The summed E-state index contributed by atoms with van der Waals surface area (Å²) in [4.78, 5) is 9.51. The number of benzene rings is 2. The summed E-state index contributed by atoms with van der Waals surface area (Å²) in [6, 6.07) is 25.5. The summed E-state index contributed by atoms with van der Waals surface area (Å²) in [6.45, 7) is 3.95. The van der Waals surface area contributed by atoms with Gasteiger partial charge in [0.05, 0.1) is 40.0 Å². The number of pyridine rings is 2. The molecule has 164 valence electrons. The van der Waals surface area contributed by atoms with E-state index in [0.717, 1.165) is 29.1 Å². The summed E-state index contributed by atoms with van der Waals surface area (Å²) in [5.41, 5.74) is 3.10. The van der Waals surface area contributed by atoms with Crippen molar-refractivity contribution in [1.29, 1.82) is 5.26 Å². The molecule has 2 aromatic heterocycles. The van der Waals surface area contributed by atoms with Crippen molar-refractivity contribution < 1.29 is 13.2 Å². The lowest BCUT2D eigenvalue weighted by Gasteiger charge is -2.25. The van der Waals surface area contributed by atoms with Gasteiger partial charge in [0.2, 0.25) is 0 Å². The van der Waals surface area contributed by atoms with Crippen LogP contribution in [0.15, 0.2) is 84.9 Å². The molecule has 0 radical (unpaired) electrons. The summed E-state index contributed by atoms with van der Waals surface area (Å²) < 4.78 is 39.5. The molecule has 6 heteroatoms. The van der Waals surface area contributed by atoms with Crippen LogP contribution in [0.2, 0.25) is 0 Å². The standard InChI is InChI=1S/C27H20F3N3/c1-26(2,24-13-5-11-22(32-24)19-8-3-7-18(15-19)17-31)25-14-6-12-23(33-25)20-9-4-10-21(16-20)27(28,29)30/h3-16H,1-2H3. The van der Waals surface area contributed by atoms with E-state index in [1.165, 1.54) is 6.07 Å². The average molecular weight is 443 g/mol. The molecule has 0 aliphatic rings. The third-order valence-corrected chi connectivity index (χ3v) is 5.55. The van der Waals surface area contributed by atoms with Gasteiger partial charge in [0.25, 0.3) is 0 Å². The number of aromatic nitrogens is 2. The number of nitriles is 1. The fraction of sp³-hybridized carbons (Fsp3) is 0.148. The highest BCUT2D eigenvalue weighted by Crippen LogP contribution is 2.34. The Hall–Kier alpha value is -3.98. The van der Waals surface area contributed by atoms with E-state index in [1.54, 1.807) is 30.3 Å². The van der Waals surface area contributed by atoms with Gasteiger partial charge in [-0.05, 0) is 62.4 Å². The van der Waals surface area contributed by atoms with Crippen molar-refractivity contribution in [2.75, 3.05) is 0 Å². The van der Waals surface area contributed by atoms with Crippen molar-refractivity contribution in [3.63, 3.8) is 0 Å². The molecular weight excluding hydrogens is 423 g/mol. The van der Waals surface area contributed by atoms with Gasteiger partial charge in [0.15, 0.2) is 0 Å². The van der Waals surface area contributed by atoms with Crippen molar-refractivity contribution in [3.8, 4) is 28.6 Å². The molecule has 0 fully saturated rings. The minimum absolute atomic E-state index is 0.400. The van der Waals surface area contributed by atoms with Crippen LogP contribution in [-0.4, -0.2) is 9.97 Å². The zero-order valence-corrected chi connectivity index (χ0v) is 18.1. The number of alkyl halides is 3. The Morgan fingerprint density at radius 1 is 0.697 bits per heavy atom. The Bertz CT molecular complexity index is 1350. The van der Waals surface area contributed by atoms with Crippen LogP contribution >= 0.6 is 0 Å². The van der Waals surface area contributed by atoms with Crippen molar-refractivity contribution in [3.05, 3.63) is 107 Å². The van der Waals surface area contributed by atoms with E-state index in [-0.39, 0.29) is 0 Å². The molecule has 0 saturated heterocycles. The highest BCUT2D eigenvalue weighted by Gasteiger charge is 2.31. The summed E-state index contributed by atoms with van der Waals surface area (Å²) in [6.07, 6.45) is -4.42. The molecule has 4 rings (SSSR count).